The maximum Gasteiger partial charge on any atom is 0.320 e. The highest BCUT2D eigenvalue weighted by Gasteiger charge is 2.57. The van der Waals surface area contributed by atoms with Crippen molar-refractivity contribution in [3.8, 4) is 0 Å². The number of alkyl halides is 1. The van der Waals surface area contributed by atoms with Crippen LogP contribution in [-0.2, 0) is 14.9 Å². The molecule has 7 heteroatoms. The lowest BCUT2D eigenvalue weighted by Crippen LogP contribution is -2.51. The van der Waals surface area contributed by atoms with Gasteiger partial charge in [-0.2, -0.15) is 0 Å². The molecule has 0 amide bonds. The molecule has 2 aromatic heterocycles. The van der Waals surface area contributed by atoms with Crippen molar-refractivity contribution in [2.24, 2.45) is 0 Å². The van der Waals surface area contributed by atoms with Crippen LogP contribution < -0.4 is 5.73 Å². The summed E-state index contributed by atoms with van der Waals surface area (Å²) in [7, 11) is 0. The smallest absolute Gasteiger partial charge is 0.320 e. The molecule has 4 rings (SSSR count). The average molecular weight is 332 g/mol. The first-order valence-corrected chi connectivity index (χ1v) is 8.41. The number of nitrogens with zero attached hydrogens (tertiary/aromatic N) is 3. The van der Waals surface area contributed by atoms with Crippen LogP contribution in [0.15, 0.2) is 12.1 Å². The fraction of sp³-hybridized carbons (Fsp3) is 0.588. The largest absolute Gasteiger partial charge is 0.462 e. The van der Waals surface area contributed by atoms with Gasteiger partial charge in [-0.25, -0.2) is 13.9 Å². The highest BCUT2D eigenvalue weighted by Crippen LogP contribution is 2.49. The molecule has 0 radical (unpaired) electrons. The summed E-state index contributed by atoms with van der Waals surface area (Å²) in [5, 5.41) is 4.34. The Morgan fingerprint density at radius 1 is 1.42 bits per heavy atom. The summed E-state index contributed by atoms with van der Waals surface area (Å²) in [4.78, 5) is 17.5. The first-order chi connectivity index (χ1) is 11.4. The maximum absolute atomic E-state index is 13.8. The van der Waals surface area contributed by atoms with Crippen molar-refractivity contribution in [3.63, 3.8) is 0 Å². The Hall–Kier alpha value is -2.18. The molecular weight excluding hydrogens is 311 g/mol. The van der Waals surface area contributed by atoms with Crippen molar-refractivity contribution >= 4 is 17.3 Å². The molecular formula is C17H21FN4O2. The number of aromatic nitrogens is 3. The van der Waals surface area contributed by atoms with Crippen LogP contribution in [0.1, 0.15) is 57.0 Å². The second kappa shape index (κ2) is 5.16. The van der Waals surface area contributed by atoms with Gasteiger partial charge in [0.05, 0.1) is 17.3 Å². The van der Waals surface area contributed by atoms with Crippen molar-refractivity contribution in [2.45, 2.75) is 63.1 Å². The van der Waals surface area contributed by atoms with Crippen LogP contribution in [0.4, 0.5) is 10.2 Å². The number of hydrogen-bond donors (Lipinski definition) is 1. The van der Waals surface area contributed by atoms with Gasteiger partial charge in [0.15, 0.2) is 0 Å². The lowest BCUT2D eigenvalue weighted by Gasteiger charge is -2.40. The Morgan fingerprint density at radius 2 is 2.12 bits per heavy atom. The van der Waals surface area contributed by atoms with E-state index in [1.54, 1.807) is 24.4 Å². The summed E-state index contributed by atoms with van der Waals surface area (Å²) in [5.41, 5.74) is 6.54. The van der Waals surface area contributed by atoms with E-state index in [4.69, 9.17) is 15.5 Å². The van der Waals surface area contributed by atoms with E-state index in [1.165, 1.54) is 0 Å². The summed E-state index contributed by atoms with van der Waals surface area (Å²) < 4.78 is 20.8. The second-order valence-electron chi connectivity index (χ2n) is 7.19. The highest BCUT2D eigenvalue weighted by atomic mass is 19.1. The number of hydrogen-bond acceptors (Lipinski definition) is 5. The number of ether oxygens (including phenoxy) is 1. The number of imidazole rings is 1. The standard InChI is InChI=1S/C17H21FN4O2/c1-9(2)24-16(23)17(7-11(18)8-17)15-20-14(10-3-4-10)12-5-6-13(19)21-22(12)15/h5-6,9-11H,3-4,7-8H2,1-2H3,(H2,19,21). The predicted molar refractivity (Wildman–Crippen MR) is 86.4 cm³/mol. The molecule has 2 fully saturated rings. The molecule has 2 aliphatic carbocycles. The average Bonchev–Trinajstić information content (AvgIpc) is 3.25. The highest BCUT2D eigenvalue weighted by molar-refractivity contribution is 5.84. The number of fused-ring (bicyclic) bond motifs is 1. The molecule has 2 aromatic rings. The number of carbonyl (C=O) groups excluding carboxylic acids is 1. The van der Waals surface area contributed by atoms with Gasteiger partial charge in [0.25, 0.3) is 0 Å². The second-order valence-corrected chi connectivity index (χ2v) is 7.19. The molecule has 2 N–H and O–H groups in total. The van der Waals surface area contributed by atoms with E-state index >= 15 is 0 Å². The molecule has 24 heavy (non-hydrogen) atoms. The Balaban J connectivity index is 1.86. The van der Waals surface area contributed by atoms with Crippen LogP contribution in [0.5, 0.6) is 0 Å². The van der Waals surface area contributed by atoms with Crippen molar-refractivity contribution in [2.75, 3.05) is 5.73 Å². The van der Waals surface area contributed by atoms with Crippen LogP contribution >= 0.6 is 0 Å². The van der Waals surface area contributed by atoms with Gasteiger partial charge in [0.1, 0.15) is 23.2 Å². The number of nitrogens with two attached hydrogens (primary N) is 1. The van der Waals surface area contributed by atoms with Gasteiger partial charge in [-0.1, -0.05) is 0 Å². The Bertz CT molecular complexity index is 806. The molecule has 0 aromatic carbocycles. The van der Waals surface area contributed by atoms with Crippen LogP contribution in [0, 0.1) is 0 Å². The summed E-state index contributed by atoms with van der Waals surface area (Å²) in [6.45, 7) is 3.57. The van der Waals surface area contributed by atoms with E-state index in [0.717, 1.165) is 24.1 Å². The Kier molecular flexibility index (Phi) is 3.30. The Morgan fingerprint density at radius 3 is 2.71 bits per heavy atom. The number of nitrogen functional groups attached to an aromatic ring is 1. The van der Waals surface area contributed by atoms with Gasteiger partial charge in [0.2, 0.25) is 0 Å². The van der Waals surface area contributed by atoms with E-state index < -0.39 is 17.6 Å². The van der Waals surface area contributed by atoms with Crippen LogP contribution in [-0.4, -0.2) is 32.8 Å². The molecule has 6 nitrogen and oxygen atoms in total. The zero-order valence-electron chi connectivity index (χ0n) is 13.8. The zero-order valence-corrected chi connectivity index (χ0v) is 13.8. The predicted octanol–water partition coefficient (Wildman–Crippen LogP) is 2.51. The first kappa shape index (κ1) is 15.4. The summed E-state index contributed by atoms with van der Waals surface area (Å²) in [6, 6.07) is 3.60. The Labute approximate surface area is 139 Å². The first-order valence-electron chi connectivity index (χ1n) is 8.41. The summed E-state index contributed by atoms with van der Waals surface area (Å²) >= 11 is 0. The van der Waals surface area contributed by atoms with Gasteiger partial charge in [-0.3, -0.25) is 4.79 Å². The van der Waals surface area contributed by atoms with Crippen molar-refractivity contribution in [3.05, 3.63) is 23.7 Å². The molecule has 0 spiro atoms. The number of carbonyl (C=O) groups is 1. The lowest BCUT2D eigenvalue weighted by atomic mass is 9.66. The third-order valence-electron chi connectivity index (χ3n) is 4.81. The minimum Gasteiger partial charge on any atom is -0.462 e. The van der Waals surface area contributed by atoms with Gasteiger partial charge in [-0.05, 0) is 38.8 Å². The molecule has 0 unspecified atom stereocenters. The quantitative estimate of drug-likeness (QED) is 0.870. The van der Waals surface area contributed by atoms with E-state index in [-0.39, 0.29) is 18.9 Å². The topological polar surface area (TPSA) is 82.5 Å². The molecule has 2 aliphatic rings. The number of anilines is 1. The fourth-order valence-electron chi connectivity index (χ4n) is 3.44. The van der Waals surface area contributed by atoms with Crippen molar-refractivity contribution < 1.29 is 13.9 Å². The fourth-order valence-corrected chi connectivity index (χ4v) is 3.44. The van der Waals surface area contributed by atoms with Crippen LogP contribution in [0.3, 0.4) is 0 Å². The lowest BCUT2D eigenvalue weighted by molar-refractivity contribution is -0.162. The minimum atomic E-state index is -1.07. The SMILES string of the molecule is CC(C)OC(=O)C1(c2nc(C3CC3)c3ccc(N)nn23)CC(F)C1. The van der Waals surface area contributed by atoms with E-state index in [1.807, 2.05) is 6.07 Å². The molecule has 0 bridgehead atoms. The third-order valence-corrected chi connectivity index (χ3v) is 4.81. The molecule has 0 atom stereocenters. The molecule has 0 saturated heterocycles. The third kappa shape index (κ3) is 2.25. The number of halogens is 1. The van der Waals surface area contributed by atoms with E-state index in [2.05, 4.69) is 5.10 Å². The van der Waals surface area contributed by atoms with Gasteiger partial charge in [0, 0.05) is 18.8 Å². The van der Waals surface area contributed by atoms with Crippen molar-refractivity contribution in [1.29, 1.82) is 0 Å². The summed E-state index contributed by atoms with van der Waals surface area (Å²) in [6.07, 6.45) is 1.02. The number of esters is 1. The monoisotopic (exact) mass is 332 g/mol. The van der Waals surface area contributed by atoms with Crippen LogP contribution in [0.25, 0.3) is 5.52 Å². The zero-order chi connectivity index (χ0) is 17.1. The molecule has 2 saturated carbocycles. The van der Waals surface area contributed by atoms with Gasteiger partial charge in [-0.15, -0.1) is 5.10 Å². The van der Waals surface area contributed by atoms with Crippen molar-refractivity contribution in [1.82, 2.24) is 14.6 Å². The molecule has 0 aliphatic heterocycles. The van der Waals surface area contributed by atoms with Gasteiger partial charge < -0.3 is 10.5 Å². The van der Waals surface area contributed by atoms with E-state index in [0.29, 0.717) is 17.6 Å². The normalized spacial score (nSPS) is 26.6. The summed E-state index contributed by atoms with van der Waals surface area (Å²) in [5.74, 6) is 0.765. The van der Waals surface area contributed by atoms with E-state index in [9.17, 15) is 9.18 Å². The van der Waals surface area contributed by atoms with Crippen LogP contribution in [0.2, 0.25) is 0 Å². The minimum absolute atomic E-state index is 0.0816. The molecule has 128 valence electrons. The maximum atomic E-state index is 13.8. The number of rotatable bonds is 4. The molecule has 2 heterocycles. The van der Waals surface area contributed by atoms with Gasteiger partial charge >= 0.3 is 5.97 Å².